The summed E-state index contributed by atoms with van der Waals surface area (Å²) >= 11 is 0. The number of aromatic nitrogens is 2. The van der Waals surface area contributed by atoms with E-state index in [1.807, 2.05) is 97.3 Å². The van der Waals surface area contributed by atoms with Crippen LogP contribution in [0.2, 0.25) is 0 Å². The van der Waals surface area contributed by atoms with Gasteiger partial charge >= 0.3 is 12.4 Å². The molecule has 0 fully saturated rings. The van der Waals surface area contributed by atoms with Crippen molar-refractivity contribution in [2.75, 3.05) is 0 Å². The van der Waals surface area contributed by atoms with Crippen molar-refractivity contribution in [2.24, 2.45) is 0 Å². The van der Waals surface area contributed by atoms with Gasteiger partial charge in [0.2, 0.25) is 0 Å². The highest BCUT2D eigenvalue weighted by molar-refractivity contribution is 6.12. The van der Waals surface area contributed by atoms with Gasteiger partial charge in [-0.05, 0) is 66.9 Å². The molecule has 0 spiro atoms. The van der Waals surface area contributed by atoms with Crippen molar-refractivity contribution in [1.82, 2.24) is 9.13 Å². The number of fused-ring (bicyclic) bond motifs is 6. The Bertz CT molecular complexity index is 2720. The van der Waals surface area contributed by atoms with Crippen LogP contribution >= 0.6 is 0 Å². The van der Waals surface area contributed by atoms with Crippen LogP contribution in [0.3, 0.4) is 0 Å². The van der Waals surface area contributed by atoms with Crippen molar-refractivity contribution < 1.29 is 26.3 Å². The first-order valence-electron chi connectivity index (χ1n) is 15.7. The summed E-state index contributed by atoms with van der Waals surface area (Å²) in [6.07, 6.45) is -10.1. The number of para-hydroxylation sites is 2. The van der Waals surface area contributed by atoms with Gasteiger partial charge in [0.1, 0.15) is 0 Å². The Hall–Kier alpha value is -6.01. The van der Waals surface area contributed by atoms with E-state index in [4.69, 9.17) is 6.57 Å². The van der Waals surface area contributed by atoms with Gasteiger partial charge in [0.25, 0.3) is 0 Å². The molecule has 0 radical (unpaired) electrons. The van der Waals surface area contributed by atoms with Crippen LogP contribution in [-0.2, 0) is 12.4 Å². The van der Waals surface area contributed by atoms with Gasteiger partial charge in [-0.2, -0.15) is 26.3 Å². The molecule has 0 aliphatic heterocycles. The molecule has 50 heavy (non-hydrogen) atoms. The number of rotatable bonds is 3. The summed E-state index contributed by atoms with van der Waals surface area (Å²) in [7, 11) is 0. The lowest BCUT2D eigenvalue weighted by molar-refractivity contribution is -0.139. The standard InChI is InChI=1S/C41H25F6N3/c1-23-15-17-27-25-9-4-6-13-33(25)49(35(27)19-23)37-21-29(39-30(40(42,43)44)11-8-12-32(39)48-3)31(41(45,46)47)22-38(37)50-34-14-7-5-10-26(34)28-18-16-24(2)20-36(28)50/h4-22H,1-2H3. The maximum Gasteiger partial charge on any atom is 0.417 e. The Morgan fingerprint density at radius 1 is 0.500 bits per heavy atom. The zero-order chi connectivity index (χ0) is 35.1. The van der Waals surface area contributed by atoms with E-state index in [-0.39, 0.29) is 11.4 Å². The van der Waals surface area contributed by atoms with Crippen LogP contribution in [0.5, 0.6) is 0 Å². The molecule has 2 heterocycles. The minimum Gasteiger partial charge on any atom is -0.307 e. The number of nitrogens with zero attached hydrogens (tertiary/aromatic N) is 3. The summed E-state index contributed by atoms with van der Waals surface area (Å²) < 4.78 is 93.5. The Morgan fingerprint density at radius 3 is 1.48 bits per heavy atom. The van der Waals surface area contributed by atoms with Gasteiger partial charge in [0.05, 0.1) is 51.1 Å². The predicted octanol–water partition coefficient (Wildman–Crippen LogP) is 12.8. The van der Waals surface area contributed by atoms with Crippen molar-refractivity contribution in [3.05, 3.63) is 149 Å². The average molecular weight is 674 g/mol. The normalized spacial score (nSPS) is 12.4. The second-order valence-corrected chi connectivity index (χ2v) is 12.4. The summed E-state index contributed by atoms with van der Waals surface area (Å²) in [4.78, 5) is 3.28. The molecule has 0 unspecified atom stereocenters. The third-order valence-corrected chi connectivity index (χ3v) is 9.30. The molecule has 0 amide bonds. The molecule has 2 aromatic heterocycles. The Morgan fingerprint density at radius 2 is 0.980 bits per heavy atom. The number of hydrogen-bond donors (Lipinski definition) is 0. The molecule has 8 rings (SSSR count). The Labute approximate surface area is 282 Å². The molecule has 6 aromatic carbocycles. The number of alkyl halides is 6. The fourth-order valence-corrected chi connectivity index (χ4v) is 7.21. The predicted molar refractivity (Wildman–Crippen MR) is 186 cm³/mol. The van der Waals surface area contributed by atoms with Gasteiger partial charge in [-0.1, -0.05) is 78.9 Å². The molecule has 0 saturated carbocycles. The molecule has 0 aliphatic rings. The molecule has 0 bridgehead atoms. The molecule has 0 saturated heterocycles. The van der Waals surface area contributed by atoms with Gasteiger partial charge in [-0.3, -0.25) is 0 Å². The van der Waals surface area contributed by atoms with E-state index in [1.54, 1.807) is 10.6 Å². The molecule has 246 valence electrons. The molecule has 0 N–H and O–H groups in total. The van der Waals surface area contributed by atoms with Crippen LogP contribution in [-0.4, -0.2) is 9.13 Å². The topological polar surface area (TPSA) is 14.2 Å². The molecule has 0 aliphatic carbocycles. The summed E-state index contributed by atoms with van der Waals surface area (Å²) in [6.45, 7) is 11.5. The van der Waals surface area contributed by atoms with Crippen LogP contribution in [0.1, 0.15) is 22.3 Å². The van der Waals surface area contributed by atoms with Gasteiger partial charge in [-0.25, -0.2) is 4.85 Å². The van der Waals surface area contributed by atoms with Crippen molar-refractivity contribution in [3.8, 4) is 22.5 Å². The van der Waals surface area contributed by atoms with Crippen LogP contribution in [0.4, 0.5) is 32.0 Å². The van der Waals surface area contributed by atoms with Crippen LogP contribution < -0.4 is 0 Å². The number of aryl methyl sites for hydroxylation is 2. The summed E-state index contributed by atoms with van der Waals surface area (Å²) in [5.74, 6) is 0. The summed E-state index contributed by atoms with van der Waals surface area (Å²) in [5, 5.41) is 3.27. The molecular formula is C41H25F6N3. The van der Waals surface area contributed by atoms with Crippen molar-refractivity contribution in [3.63, 3.8) is 0 Å². The van der Waals surface area contributed by atoms with E-state index >= 15 is 13.2 Å². The zero-order valence-electron chi connectivity index (χ0n) is 26.6. The second-order valence-electron chi connectivity index (χ2n) is 12.4. The van der Waals surface area contributed by atoms with Crippen molar-refractivity contribution in [1.29, 1.82) is 0 Å². The minimum atomic E-state index is -5.09. The van der Waals surface area contributed by atoms with E-state index in [0.29, 0.717) is 22.1 Å². The molecule has 9 heteroatoms. The minimum absolute atomic E-state index is 0.121. The zero-order valence-corrected chi connectivity index (χ0v) is 26.6. The maximum absolute atomic E-state index is 15.4. The fraction of sp³-hybridized carbons (Fsp3) is 0.0976. The van der Waals surface area contributed by atoms with E-state index in [2.05, 4.69) is 4.85 Å². The summed E-state index contributed by atoms with van der Waals surface area (Å²) in [6, 6.07) is 31.3. The third-order valence-electron chi connectivity index (χ3n) is 9.30. The van der Waals surface area contributed by atoms with Crippen LogP contribution in [0, 0.1) is 20.4 Å². The molecule has 0 atom stereocenters. The molecule has 8 aromatic rings. The monoisotopic (exact) mass is 673 g/mol. The van der Waals surface area contributed by atoms with Crippen molar-refractivity contribution >= 4 is 49.3 Å². The Kier molecular flexibility index (Phi) is 6.88. The van der Waals surface area contributed by atoms with Crippen LogP contribution in [0.25, 0.3) is 71.0 Å². The highest BCUT2D eigenvalue weighted by Crippen LogP contribution is 2.50. The first kappa shape index (κ1) is 31.3. The average Bonchev–Trinajstić information content (AvgIpc) is 3.58. The highest BCUT2D eigenvalue weighted by atomic mass is 19.4. The lowest BCUT2D eigenvalue weighted by Crippen LogP contribution is -2.14. The second kappa shape index (κ2) is 11.0. The Balaban J connectivity index is 1.65. The van der Waals surface area contributed by atoms with E-state index < -0.39 is 40.3 Å². The fourth-order valence-electron chi connectivity index (χ4n) is 7.21. The lowest BCUT2D eigenvalue weighted by Gasteiger charge is -2.24. The van der Waals surface area contributed by atoms with E-state index in [1.165, 1.54) is 6.07 Å². The van der Waals surface area contributed by atoms with Gasteiger partial charge in [0.15, 0.2) is 5.69 Å². The first-order chi connectivity index (χ1) is 23.9. The van der Waals surface area contributed by atoms with Crippen molar-refractivity contribution in [2.45, 2.75) is 26.2 Å². The number of halogens is 6. The SMILES string of the molecule is [C-]#[N+]c1cccc(C(F)(F)F)c1-c1cc(-n2c3ccccc3c3ccc(C)cc32)c(-n2c3ccccc3c3ccc(C)cc32)cc1C(F)(F)F. The number of benzene rings is 6. The smallest absolute Gasteiger partial charge is 0.307 e. The lowest BCUT2D eigenvalue weighted by atomic mass is 9.91. The maximum atomic E-state index is 15.4. The number of hydrogen-bond acceptors (Lipinski definition) is 0. The van der Waals surface area contributed by atoms with Crippen LogP contribution in [0.15, 0.2) is 115 Å². The molecular weight excluding hydrogens is 648 g/mol. The van der Waals surface area contributed by atoms with Gasteiger partial charge in [0, 0.05) is 27.1 Å². The first-order valence-corrected chi connectivity index (χ1v) is 15.7. The van der Waals surface area contributed by atoms with E-state index in [9.17, 15) is 13.2 Å². The third kappa shape index (κ3) is 4.74. The quantitative estimate of drug-likeness (QED) is 0.131. The van der Waals surface area contributed by atoms with Gasteiger partial charge < -0.3 is 9.13 Å². The molecule has 3 nitrogen and oxygen atoms in total. The summed E-state index contributed by atoms with van der Waals surface area (Å²) in [5.41, 5.74) is 0.0328. The highest BCUT2D eigenvalue weighted by Gasteiger charge is 2.40. The largest absolute Gasteiger partial charge is 0.417 e. The van der Waals surface area contributed by atoms with Gasteiger partial charge in [-0.15, -0.1) is 0 Å². The van der Waals surface area contributed by atoms with E-state index in [0.717, 1.165) is 56.9 Å².